The van der Waals surface area contributed by atoms with Crippen molar-refractivity contribution in [2.24, 2.45) is 7.05 Å². The fraction of sp³-hybridized carbons (Fsp3) is 0.458. The number of aromatic nitrogens is 3. The third-order valence-corrected chi connectivity index (χ3v) is 6.70. The van der Waals surface area contributed by atoms with Crippen LogP contribution in [0.1, 0.15) is 37.1 Å². The summed E-state index contributed by atoms with van der Waals surface area (Å²) in [6, 6.07) is 4.20. The van der Waals surface area contributed by atoms with Gasteiger partial charge in [0.2, 0.25) is 5.91 Å². The number of rotatable bonds is 3. The van der Waals surface area contributed by atoms with E-state index in [1.54, 1.807) is 18.9 Å². The molecule has 5 heterocycles. The van der Waals surface area contributed by atoms with Gasteiger partial charge in [-0.15, -0.1) is 0 Å². The van der Waals surface area contributed by atoms with Crippen LogP contribution in [0, 0.1) is 0 Å². The van der Waals surface area contributed by atoms with Crippen molar-refractivity contribution in [3.8, 4) is 11.3 Å². The Morgan fingerprint density at radius 2 is 2.16 bits per heavy atom. The van der Waals surface area contributed by atoms with Crippen molar-refractivity contribution >= 4 is 22.6 Å². The molecule has 1 fully saturated rings. The smallest absolute Gasteiger partial charge is 0.224 e. The SMILES string of the molecule is CCc1cc(-c2cn(C)c3cnc(N(C)C(C)=O)cc23)nc2c1CCOC21CCOC1. The molecular weight excluding hydrogens is 392 g/mol. The second-order valence-electron chi connectivity index (χ2n) is 8.53. The van der Waals surface area contributed by atoms with Gasteiger partial charge in [-0.25, -0.2) is 9.97 Å². The Balaban J connectivity index is 1.72. The molecule has 31 heavy (non-hydrogen) atoms. The van der Waals surface area contributed by atoms with Gasteiger partial charge < -0.3 is 18.9 Å². The summed E-state index contributed by atoms with van der Waals surface area (Å²) in [5, 5.41) is 1.03. The van der Waals surface area contributed by atoms with Gasteiger partial charge in [0, 0.05) is 51.2 Å². The molecule has 0 saturated carbocycles. The van der Waals surface area contributed by atoms with E-state index in [2.05, 4.69) is 28.7 Å². The topological polar surface area (TPSA) is 69.5 Å². The normalized spacial score (nSPS) is 20.4. The highest BCUT2D eigenvalue weighted by Gasteiger charge is 2.44. The Hall–Kier alpha value is -2.77. The second kappa shape index (κ2) is 7.43. The number of fused-ring (bicyclic) bond motifs is 3. The quantitative estimate of drug-likeness (QED) is 0.650. The van der Waals surface area contributed by atoms with E-state index >= 15 is 0 Å². The van der Waals surface area contributed by atoms with Crippen LogP contribution >= 0.6 is 0 Å². The van der Waals surface area contributed by atoms with E-state index in [1.165, 1.54) is 11.1 Å². The zero-order chi connectivity index (χ0) is 21.8. The first kappa shape index (κ1) is 20.2. The summed E-state index contributed by atoms with van der Waals surface area (Å²) in [7, 11) is 3.75. The highest BCUT2D eigenvalue weighted by atomic mass is 16.6. The maximum Gasteiger partial charge on any atom is 0.224 e. The van der Waals surface area contributed by atoms with Crippen molar-refractivity contribution in [1.82, 2.24) is 14.5 Å². The predicted molar refractivity (Wildman–Crippen MR) is 119 cm³/mol. The van der Waals surface area contributed by atoms with Crippen molar-refractivity contribution in [2.75, 3.05) is 31.8 Å². The van der Waals surface area contributed by atoms with E-state index in [9.17, 15) is 4.79 Å². The molecule has 1 amide bonds. The average Bonchev–Trinajstić information content (AvgIpc) is 3.37. The van der Waals surface area contributed by atoms with Gasteiger partial charge in [-0.2, -0.15) is 0 Å². The van der Waals surface area contributed by atoms with Gasteiger partial charge in [0.25, 0.3) is 0 Å². The molecule has 162 valence electrons. The van der Waals surface area contributed by atoms with Crippen LogP contribution in [0.4, 0.5) is 5.82 Å². The molecule has 1 saturated heterocycles. The predicted octanol–water partition coefficient (Wildman–Crippen LogP) is 3.37. The molecule has 7 nitrogen and oxygen atoms in total. The lowest BCUT2D eigenvalue weighted by Gasteiger charge is -2.35. The lowest BCUT2D eigenvalue weighted by atomic mass is 9.86. The number of aryl methyl sites for hydroxylation is 2. The molecule has 0 N–H and O–H groups in total. The molecule has 2 aliphatic heterocycles. The molecular formula is C24H28N4O3. The van der Waals surface area contributed by atoms with Gasteiger partial charge >= 0.3 is 0 Å². The monoisotopic (exact) mass is 420 g/mol. The van der Waals surface area contributed by atoms with Crippen molar-refractivity contribution in [3.63, 3.8) is 0 Å². The maximum absolute atomic E-state index is 11.9. The number of ether oxygens (including phenoxy) is 2. The number of carbonyl (C=O) groups is 1. The first-order chi connectivity index (χ1) is 14.9. The minimum Gasteiger partial charge on any atom is -0.378 e. The summed E-state index contributed by atoms with van der Waals surface area (Å²) in [4.78, 5) is 23.1. The molecule has 0 aliphatic carbocycles. The number of amides is 1. The fourth-order valence-corrected chi connectivity index (χ4v) is 4.81. The molecule has 1 unspecified atom stereocenters. The number of nitrogens with zero attached hydrogens (tertiary/aromatic N) is 4. The number of hydrogen-bond acceptors (Lipinski definition) is 5. The summed E-state index contributed by atoms with van der Waals surface area (Å²) < 4.78 is 14.1. The highest BCUT2D eigenvalue weighted by molar-refractivity contribution is 5.98. The molecule has 1 atom stereocenters. The highest BCUT2D eigenvalue weighted by Crippen LogP contribution is 2.42. The van der Waals surface area contributed by atoms with E-state index in [0.717, 1.165) is 47.1 Å². The molecule has 2 aliphatic rings. The zero-order valence-corrected chi connectivity index (χ0v) is 18.6. The van der Waals surface area contributed by atoms with Crippen LogP contribution in [0.25, 0.3) is 22.2 Å². The Kier molecular flexibility index (Phi) is 4.83. The molecule has 3 aromatic rings. The van der Waals surface area contributed by atoms with E-state index in [1.807, 2.05) is 19.3 Å². The van der Waals surface area contributed by atoms with E-state index in [-0.39, 0.29) is 5.91 Å². The molecule has 0 aromatic carbocycles. The number of anilines is 1. The summed E-state index contributed by atoms with van der Waals surface area (Å²) in [5.41, 5.74) is 6.22. The minimum atomic E-state index is -0.431. The fourth-order valence-electron chi connectivity index (χ4n) is 4.81. The summed E-state index contributed by atoms with van der Waals surface area (Å²) in [6.45, 7) is 5.71. The van der Waals surface area contributed by atoms with Crippen LogP contribution in [0.5, 0.6) is 0 Å². The van der Waals surface area contributed by atoms with E-state index < -0.39 is 5.60 Å². The Morgan fingerprint density at radius 3 is 2.87 bits per heavy atom. The van der Waals surface area contributed by atoms with Gasteiger partial charge in [-0.1, -0.05) is 6.92 Å². The molecule has 5 rings (SSSR count). The molecule has 1 spiro atoms. The Morgan fingerprint density at radius 1 is 1.32 bits per heavy atom. The van der Waals surface area contributed by atoms with Crippen LogP contribution in [-0.2, 0) is 39.8 Å². The summed E-state index contributed by atoms with van der Waals surface area (Å²) in [6.07, 6.45) is 6.59. The van der Waals surface area contributed by atoms with Gasteiger partial charge in [-0.3, -0.25) is 4.79 Å². The first-order valence-corrected chi connectivity index (χ1v) is 10.9. The molecule has 3 aromatic heterocycles. The van der Waals surface area contributed by atoms with E-state index in [0.29, 0.717) is 25.6 Å². The Bertz CT molecular complexity index is 1180. The summed E-state index contributed by atoms with van der Waals surface area (Å²) in [5.74, 6) is 0.579. The largest absolute Gasteiger partial charge is 0.378 e. The summed E-state index contributed by atoms with van der Waals surface area (Å²) >= 11 is 0. The van der Waals surface area contributed by atoms with Crippen LogP contribution in [-0.4, -0.2) is 47.3 Å². The molecule has 0 radical (unpaired) electrons. The number of pyridine rings is 2. The van der Waals surface area contributed by atoms with Gasteiger partial charge in [0.15, 0.2) is 0 Å². The number of hydrogen-bond donors (Lipinski definition) is 0. The Labute approximate surface area is 182 Å². The third kappa shape index (κ3) is 3.15. The van der Waals surface area contributed by atoms with Crippen LogP contribution in [0.3, 0.4) is 0 Å². The van der Waals surface area contributed by atoms with Crippen LogP contribution in [0.15, 0.2) is 24.5 Å². The molecule has 7 heteroatoms. The lowest BCUT2D eigenvalue weighted by Crippen LogP contribution is -2.37. The average molecular weight is 421 g/mol. The maximum atomic E-state index is 11.9. The number of carbonyl (C=O) groups excluding carboxylic acids is 1. The van der Waals surface area contributed by atoms with Crippen molar-refractivity contribution in [1.29, 1.82) is 0 Å². The lowest BCUT2D eigenvalue weighted by molar-refractivity contribution is -0.116. The van der Waals surface area contributed by atoms with Crippen molar-refractivity contribution in [2.45, 2.75) is 38.7 Å². The van der Waals surface area contributed by atoms with Gasteiger partial charge in [0.05, 0.1) is 36.3 Å². The van der Waals surface area contributed by atoms with E-state index in [4.69, 9.17) is 14.5 Å². The standard InChI is InChI=1S/C24H28N4O3/c1-5-16-10-20(26-23-17(16)6-8-31-24(23)7-9-30-14-24)19-13-27(3)21-12-25-22(11-18(19)21)28(4)15(2)29/h10-13H,5-9,14H2,1-4H3. The first-order valence-electron chi connectivity index (χ1n) is 10.9. The van der Waals surface area contributed by atoms with Gasteiger partial charge in [-0.05, 0) is 36.1 Å². The third-order valence-electron chi connectivity index (χ3n) is 6.70. The van der Waals surface area contributed by atoms with Crippen molar-refractivity contribution in [3.05, 3.63) is 41.3 Å². The minimum absolute atomic E-state index is 0.0511. The zero-order valence-electron chi connectivity index (χ0n) is 18.6. The molecule has 0 bridgehead atoms. The van der Waals surface area contributed by atoms with Crippen LogP contribution in [0.2, 0.25) is 0 Å². The van der Waals surface area contributed by atoms with Crippen LogP contribution < -0.4 is 4.90 Å². The van der Waals surface area contributed by atoms with Crippen molar-refractivity contribution < 1.29 is 14.3 Å². The second-order valence-corrected chi connectivity index (χ2v) is 8.53. The van der Waals surface area contributed by atoms with Gasteiger partial charge in [0.1, 0.15) is 11.4 Å².